The first kappa shape index (κ1) is 15.8. The fourth-order valence-corrected chi connectivity index (χ4v) is 3.59. The van der Waals surface area contributed by atoms with Gasteiger partial charge in [-0.15, -0.1) is 0 Å². The molecule has 0 bridgehead atoms. The largest absolute Gasteiger partial charge is 0.411 e. The Kier molecular flexibility index (Phi) is 5.09. The molecule has 0 radical (unpaired) electrons. The summed E-state index contributed by atoms with van der Waals surface area (Å²) in [4.78, 5) is 0. The first-order valence-electron chi connectivity index (χ1n) is 8.40. The van der Waals surface area contributed by atoms with E-state index in [1.807, 2.05) is 12.1 Å². The summed E-state index contributed by atoms with van der Waals surface area (Å²) in [6, 6.07) is 21.3. The Morgan fingerprint density at radius 2 is 1.61 bits per heavy atom. The topological polar surface area (TPSA) is 44.6 Å². The SMILES string of the molecule is CCC[C@H]1/C(=N\O)C[C@H](c2ccccc2)N[C@@H]1c1ccccc1. The molecular weight excluding hydrogens is 284 g/mol. The van der Waals surface area contributed by atoms with Crippen molar-refractivity contribution in [2.75, 3.05) is 0 Å². The lowest BCUT2D eigenvalue weighted by molar-refractivity contribution is 0.284. The monoisotopic (exact) mass is 308 g/mol. The van der Waals surface area contributed by atoms with Gasteiger partial charge in [-0.2, -0.15) is 0 Å². The van der Waals surface area contributed by atoms with E-state index in [9.17, 15) is 5.21 Å². The van der Waals surface area contributed by atoms with Crippen molar-refractivity contribution in [3.63, 3.8) is 0 Å². The Labute approximate surface area is 138 Å². The number of benzene rings is 2. The first-order valence-corrected chi connectivity index (χ1v) is 8.40. The Morgan fingerprint density at radius 3 is 2.17 bits per heavy atom. The highest BCUT2D eigenvalue weighted by Gasteiger charge is 2.35. The van der Waals surface area contributed by atoms with Gasteiger partial charge in [0.2, 0.25) is 0 Å². The van der Waals surface area contributed by atoms with Crippen molar-refractivity contribution in [2.24, 2.45) is 11.1 Å². The number of nitrogens with one attached hydrogen (secondary N) is 1. The summed E-state index contributed by atoms with van der Waals surface area (Å²) in [6.45, 7) is 2.18. The van der Waals surface area contributed by atoms with Crippen LogP contribution >= 0.6 is 0 Å². The molecule has 3 atom stereocenters. The van der Waals surface area contributed by atoms with Gasteiger partial charge in [0.25, 0.3) is 0 Å². The first-order chi connectivity index (χ1) is 11.3. The molecule has 23 heavy (non-hydrogen) atoms. The molecule has 0 saturated carbocycles. The van der Waals surface area contributed by atoms with Gasteiger partial charge in [0.05, 0.1) is 5.71 Å². The molecule has 3 heteroatoms. The summed E-state index contributed by atoms with van der Waals surface area (Å²) in [5.41, 5.74) is 3.41. The highest BCUT2D eigenvalue weighted by atomic mass is 16.4. The van der Waals surface area contributed by atoms with Crippen LogP contribution in [0.3, 0.4) is 0 Å². The summed E-state index contributed by atoms with van der Waals surface area (Å²) >= 11 is 0. The van der Waals surface area contributed by atoms with Gasteiger partial charge in [0, 0.05) is 24.4 Å². The average molecular weight is 308 g/mol. The highest BCUT2D eigenvalue weighted by molar-refractivity contribution is 5.88. The molecule has 0 aliphatic carbocycles. The molecule has 1 fully saturated rings. The Balaban J connectivity index is 1.95. The van der Waals surface area contributed by atoms with Crippen molar-refractivity contribution in [1.29, 1.82) is 0 Å². The van der Waals surface area contributed by atoms with Gasteiger partial charge in [-0.3, -0.25) is 0 Å². The van der Waals surface area contributed by atoms with Crippen LogP contribution in [0.2, 0.25) is 0 Å². The van der Waals surface area contributed by atoms with Crippen LogP contribution in [0.25, 0.3) is 0 Å². The van der Waals surface area contributed by atoms with Crippen LogP contribution in [-0.4, -0.2) is 10.9 Å². The quantitative estimate of drug-likeness (QED) is 0.634. The molecule has 1 heterocycles. The molecule has 3 nitrogen and oxygen atoms in total. The third-order valence-electron chi connectivity index (χ3n) is 4.71. The summed E-state index contributed by atoms with van der Waals surface area (Å²) in [5.74, 6) is 0.243. The molecule has 0 spiro atoms. The fourth-order valence-electron chi connectivity index (χ4n) is 3.59. The van der Waals surface area contributed by atoms with Crippen LogP contribution in [0.15, 0.2) is 65.8 Å². The zero-order valence-electron chi connectivity index (χ0n) is 13.5. The maximum atomic E-state index is 9.58. The van der Waals surface area contributed by atoms with Gasteiger partial charge >= 0.3 is 0 Å². The third-order valence-corrected chi connectivity index (χ3v) is 4.71. The van der Waals surface area contributed by atoms with Crippen LogP contribution < -0.4 is 5.32 Å². The van der Waals surface area contributed by atoms with Gasteiger partial charge in [0.15, 0.2) is 0 Å². The minimum absolute atomic E-state index is 0.181. The van der Waals surface area contributed by atoms with Crippen LogP contribution in [0, 0.1) is 5.92 Å². The van der Waals surface area contributed by atoms with Crippen molar-refractivity contribution < 1.29 is 5.21 Å². The van der Waals surface area contributed by atoms with Crippen molar-refractivity contribution in [3.05, 3.63) is 71.8 Å². The van der Waals surface area contributed by atoms with Gasteiger partial charge < -0.3 is 10.5 Å². The van der Waals surface area contributed by atoms with E-state index in [4.69, 9.17) is 0 Å². The van der Waals surface area contributed by atoms with E-state index in [0.717, 1.165) is 25.0 Å². The normalized spacial score (nSPS) is 26.3. The van der Waals surface area contributed by atoms with Crippen molar-refractivity contribution >= 4 is 5.71 Å². The Hall–Kier alpha value is -2.13. The maximum Gasteiger partial charge on any atom is 0.0639 e. The van der Waals surface area contributed by atoms with Crippen LogP contribution in [-0.2, 0) is 0 Å². The average Bonchev–Trinajstić information content (AvgIpc) is 2.63. The summed E-state index contributed by atoms with van der Waals surface area (Å²) in [7, 11) is 0. The van der Waals surface area contributed by atoms with E-state index >= 15 is 0 Å². The van der Waals surface area contributed by atoms with Gasteiger partial charge in [-0.1, -0.05) is 79.2 Å². The lowest BCUT2D eigenvalue weighted by atomic mass is 9.78. The minimum atomic E-state index is 0.181. The molecule has 120 valence electrons. The molecule has 0 unspecified atom stereocenters. The lowest BCUT2D eigenvalue weighted by Gasteiger charge is -2.38. The maximum absolute atomic E-state index is 9.58. The second-order valence-corrected chi connectivity index (χ2v) is 6.21. The number of hydrogen-bond donors (Lipinski definition) is 2. The highest BCUT2D eigenvalue weighted by Crippen LogP contribution is 2.37. The number of hydrogen-bond acceptors (Lipinski definition) is 3. The van der Waals surface area contributed by atoms with E-state index in [1.54, 1.807) is 0 Å². The lowest BCUT2D eigenvalue weighted by Crippen LogP contribution is -2.42. The van der Waals surface area contributed by atoms with E-state index < -0.39 is 0 Å². The van der Waals surface area contributed by atoms with Crippen molar-refractivity contribution in [3.8, 4) is 0 Å². The molecule has 2 aromatic carbocycles. The molecule has 0 aromatic heterocycles. The van der Waals surface area contributed by atoms with Gasteiger partial charge in [0.1, 0.15) is 0 Å². The van der Waals surface area contributed by atoms with E-state index in [1.165, 1.54) is 11.1 Å². The molecule has 1 saturated heterocycles. The molecule has 1 aliphatic rings. The van der Waals surface area contributed by atoms with E-state index in [-0.39, 0.29) is 18.0 Å². The number of oxime groups is 1. The van der Waals surface area contributed by atoms with Gasteiger partial charge in [-0.25, -0.2) is 0 Å². The number of piperidine rings is 1. The standard InChI is InChI=1S/C20H24N2O/c1-2-9-17-19(22-23)14-18(15-10-5-3-6-11-15)21-20(17)16-12-7-4-8-13-16/h3-8,10-13,17-18,20-21,23H,2,9,14H2,1H3/b22-19-/t17-,18+,20+/m0/s1. The second-order valence-electron chi connectivity index (χ2n) is 6.21. The summed E-state index contributed by atoms with van der Waals surface area (Å²) in [6.07, 6.45) is 2.85. The Morgan fingerprint density at radius 1 is 1.00 bits per heavy atom. The van der Waals surface area contributed by atoms with Crippen LogP contribution in [0.4, 0.5) is 0 Å². The minimum Gasteiger partial charge on any atom is -0.411 e. The van der Waals surface area contributed by atoms with Gasteiger partial charge in [-0.05, 0) is 17.5 Å². The van der Waals surface area contributed by atoms with Crippen LogP contribution in [0.1, 0.15) is 49.4 Å². The zero-order chi connectivity index (χ0) is 16.1. The second kappa shape index (κ2) is 7.42. The molecule has 2 aromatic rings. The fraction of sp³-hybridized carbons (Fsp3) is 0.350. The smallest absolute Gasteiger partial charge is 0.0639 e. The molecule has 3 rings (SSSR count). The Bertz CT molecular complexity index is 639. The molecule has 1 aliphatic heterocycles. The van der Waals surface area contributed by atoms with E-state index in [2.05, 4.69) is 65.9 Å². The molecular formula is C20H24N2O. The number of nitrogens with zero attached hydrogens (tertiary/aromatic N) is 1. The summed E-state index contributed by atoms with van der Waals surface area (Å²) < 4.78 is 0. The van der Waals surface area contributed by atoms with E-state index in [0.29, 0.717) is 0 Å². The molecule has 0 amide bonds. The van der Waals surface area contributed by atoms with Crippen molar-refractivity contribution in [2.45, 2.75) is 38.3 Å². The predicted molar refractivity (Wildman–Crippen MR) is 93.7 cm³/mol. The van der Waals surface area contributed by atoms with Crippen molar-refractivity contribution in [1.82, 2.24) is 5.32 Å². The predicted octanol–water partition coefficient (Wildman–Crippen LogP) is 4.71. The van der Waals surface area contributed by atoms with Crippen LogP contribution in [0.5, 0.6) is 0 Å². The third kappa shape index (κ3) is 3.45. The summed E-state index contributed by atoms with van der Waals surface area (Å²) in [5, 5.41) is 17.0. The zero-order valence-corrected chi connectivity index (χ0v) is 13.5. The number of rotatable bonds is 4. The molecule has 2 N–H and O–H groups in total.